The molecule has 164 valence electrons. The topological polar surface area (TPSA) is 127 Å². The van der Waals surface area contributed by atoms with Crippen molar-refractivity contribution in [2.45, 2.75) is 71.0 Å². The number of nitrogens with one attached hydrogen (secondary N) is 2. The van der Waals surface area contributed by atoms with E-state index in [4.69, 9.17) is 11.5 Å². The van der Waals surface area contributed by atoms with Gasteiger partial charge in [0.15, 0.2) is 0 Å². The van der Waals surface area contributed by atoms with Gasteiger partial charge in [-0.05, 0) is 30.7 Å². The standard InChI is InChI=1S/C21H34N4O3.ClH/c1-4-5-11-17(19(23)26)24-21(28)18(12-14(2)3)25-20(27)16(22)13-15-9-7-6-8-10-15;/h6-10,14,16-18H,4-5,11-13,22H2,1-3H3,(H2,23,26)(H,24,28)(H,25,27);1H/t16-,17+,18+;/m1./s1. The number of hydrogen-bond donors (Lipinski definition) is 4. The van der Waals surface area contributed by atoms with Gasteiger partial charge in [0.05, 0.1) is 6.04 Å². The van der Waals surface area contributed by atoms with Gasteiger partial charge in [-0.25, -0.2) is 0 Å². The van der Waals surface area contributed by atoms with Gasteiger partial charge in [-0.3, -0.25) is 14.4 Å². The normalized spacial score (nSPS) is 13.7. The lowest BCUT2D eigenvalue weighted by Gasteiger charge is -2.24. The summed E-state index contributed by atoms with van der Waals surface area (Å²) < 4.78 is 0. The van der Waals surface area contributed by atoms with E-state index < -0.39 is 35.8 Å². The molecule has 0 bridgehead atoms. The minimum absolute atomic E-state index is 0. The first kappa shape index (κ1) is 26.9. The third-order valence-corrected chi connectivity index (χ3v) is 4.48. The molecule has 0 saturated carbocycles. The van der Waals surface area contributed by atoms with E-state index in [1.54, 1.807) is 0 Å². The first-order valence-electron chi connectivity index (χ1n) is 9.94. The van der Waals surface area contributed by atoms with Crippen LogP contribution in [0.4, 0.5) is 0 Å². The summed E-state index contributed by atoms with van der Waals surface area (Å²) in [5, 5.41) is 5.42. The first-order valence-corrected chi connectivity index (χ1v) is 9.94. The number of hydrogen-bond acceptors (Lipinski definition) is 4. The van der Waals surface area contributed by atoms with Gasteiger partial charge in [0.2, 0.25) is 17.7 Å². The summed E-state index contributed by atoms with van der Waals surface area (Å²) in [6.07, 6.45) is 2.96. The Kier molecular flexibility index (Phi) is 12.9. The molecule has 0 aliphatic rings. The minimum Gasteiger partial charge on any atom is -0.368 e. The summed E-state index contributed by atoms with van der Waals surface area (Å²) in [5.41, 5.74) is 12.4. The smallest absolute Gasteiger partial charge is 0.243 e. The number of carbonyl (C=O) groups is 3. The van der Waals surface area contributed by atoms with Crippen LogP contribution in [0.1, 0.15) is 52.0 Å². The van der Waals surface area contributed by atoms with E-state index in [1.165, 1.54) is 0 Å². The van der Waals surface area contributed by atoms with E-state index in [9.17, 15) is 14.4 Å². The molecule has 0 aliphatic heterocycles. The zero-order valence-electron chi connectivity index (χ0n) is 17.5. The molecule has 0 fully saturated rings. The van der Waals surface area contributed by atoms with E-state index in [-0.39, 0.29) is 18.3 Å². The molecule has 0 unspecified atom stereocenters. The number of benzene rings is 1. The van der Waals surface area contributed by atoms with Crippen LogP contribution in [-0.4, -0.2) is 35.8 Å². The Bertz CT molecular complexity index is 640. The molecule has 0 saturated heterocycles. The number of primary amides is 1. The molecule has 7 nitrogen and oxygen atoms in total. The Morgan fingerprint density at radius 2 is 1.59 bits per heavy atom. The number of halogens is 1. The molecular formula is C21H35ClN4O3. The molecule has 6 N–H and O–H groups in total. The van der Waals surface area contributed by atoms with Crippen molar-refractivity contribution in [3.05, 3.63) is 35.9 Å². The fourth-order valence-corrected chi connectivity index (χ4v) is 2.91. The van der Waals surface area contributed by atoms with Gasteiger partial charge < -0.3 is 22.1 Å². The molecule has 0 heterocycles. The molecule has 8 heteroatoms. The molecule has 1 rings (SSSR count). The maximum atomic E-state index is 12.7. The Morgan fingerprint density at radius 3 is 2.10 bits per heavy atom. The maximum absolute atomic E-state index is 12.7. The van der Waals surface area contributed by atoms with Crippen LogP contribution in [0.15, 0.2) is 30.3 Å². The Hall–Kier alpha value is -2.12. The molecule has 3 atom stereocenters. The van der Waals surface area contributed by atoms with Crippen molar-refractivity contribution in [1.82, 2.24) is 10.6 Å². The van der Waals surface area contributed by atoms with E-state index in [2.05, 4.69) is 10.6 Å². The van der Waals surface area contributed by atoms with Crippen LogP contribution in [0.5, 0.6) is 0 Å². The summed E-state index contributed by atoms with van der Waals surface area (Å²) in [6, 6.07) is 7.19. The van der Waals surface area contributed by atoms with E-state index in [0.29, 0.717) is 19.3 Å². The van der Waals surface area contributed by atoms with Gasteiger partial charge >= 0.3 is 0 Å². The number of nitrogens with two attached hydrogens (primary N) is 2. The average molecular weight is 427 g/mol. The van der Waals surface area contributed by atoms with Gasteiger partial charge in [0, 0.05) is 0 Å². The summed E-state index contributed by atoms with van der Waals surface area (Å²) in [4.78, 5) is 36.8. The third kappa shape index (κ3) is 10.3. The highest BCUT2D eigenvalue weighted by molar-refractivity contribution is 5.92. The van der Waals surface area contributed by atoms with Crippen LogP contribution < -0.4 is 22.1 Å². The Morgan fingerprint density at radius 1 is 1.00 bits per heavy atom. The Balaban J connectivity index is 0.00000784. The molecule has 0 radical (unpaired) electrons. The van der Waals surface area contributed by atoms with Crippen LogP contribution in [0.3, 0.4) is 0 Å². The maximum Gasteiger partial charge on any atom is 0.243 e. The second-order valence-electron chi connectivity index (χ2n) is 7.59. The highest BCUT2D eigenvalue weighted by Gasteiger charge is 2.27. The van der Waals surface area contributed by atoms with Crippen molar-refractivity contribution in [2.24, 2.45) is 17.4 Å². The Labute approximate surface area is 179 Å². The van der Waals surface area contributed by atoms with Gasteiger partial charge in [-0.15, -0.1) is 12.4 Å². The van der Waals surface area contributed by atoms with Crippen LogP contribution in [-0.2, 0) is 20.8 Å². The SMILES string of the molecule is CCCC[C@H](NC(=O)[C@H](CC(C)C)NC(=O)[C@H](N)Cc1ccccc1)C(N)=O.Cl. The molecule has 29 heavy (non-hydrogen) atoms. The zero-order valence-corrected chi connectivity index (χ0v) is 18.3. The monoisotopic (exact) mass is 426 g/mol. The summed E-state index contributed by atoms with van der Waals surface area (Å²) in [7, 11) is 0. The molecule has 0 spiro atoms. The number of amides is 3. The number of unbranched alkanes of at least 4 members (excludes halogenated alkanes) is 1. The van der Waals surface area contributed by atoms with Crippen LogP contribution in [0.2, 0.25) is 0 Å². The second kappa shape index (κ2) is 14.0. The van der Waals surface area contributed by atoms with Crippen LogP contribution >= 0.6 is 12.4 Å². The summed E-state index contributed by atoms with van der Waals surface area (Å²) in [5.74, 6) is -1.20. The van der Waals surface area contributed by atoms with Gasteiger partial charge in [0.1, 0.15) is 12.1 Å². The fourth-order valence-electron chi connectivity index (χ4n) is 2.91. The lowest BCUT2D eigenvalue weighted by molar-refractivity contribution is -0.132. The quantitative estimate of drug-likeness (QED) is 0.405. The molecule has 3 amide bonds. The van der Waals surface area contributed by atoms with Crippen molar-refractivity contribution in [2.75, 3.05) is 0 Å². The number of carbonyl (C=O) groups excluding carboxylic acids is 3. The molecule has 1 aromatic rings. The van der Waals surface area contributed by atoms with Crippen molar-refractivity contribution in [1.29, 1.82) is 0 Å². The van der Waals surface area contributed by atoms with E-state index in [1.807, 2.05) is 51.1 Å². The van der Waals surface area contributed by atoms with Crippen molar-refractivity contribution in [3.63, 3.8) is 0 Å². The van der Waals surface area contributed by atoms with E-state index >= 15 is 0 Å². The van der Waals surface area contributed by atoms with Gasteiger partial charge in [0.25, 0.3) is 0 Å². The molecular weight excluding hydrogens is 392 g/mol. The first-order chi connectivity index (χ1) is 13.2. The molecule has 0 aromatic heterocycles. The average Bonchev–Trinajstić information content (AvgIpc) is 2.64. The fraction of sp³-hybridized carbons (Fsp3) is 0.571. The van der Waals surface area contributed by atoms with Gasteiger partial charge in [-0.2, -0.15) is 0 Å². The van der Waals surface area contributed by atoms with E-state index in [0.717, 1.165) is 18.4 Å². The lowest BCUT2D eigenvalue weighted by Crippen LogP contribution is -2.55. The van der Waals surface area contributed by atoms with Crippen molar-refractivity contribution < 1.29 is 14.4 Å². The lowest BCUT2D eigenvalue weighted by atomic mass is 10.0. The van der Waals surface area contributed by atoms with Crippen molar-refractivity contribution >= 4 is 30.1 Å². The van der Waals surface area contributed by atoms with Crippen LogP contribution in [0.25, 0.3) is 0 Å². The van der Waals surface area contributed by atoms with Gasteiger partial charge in [-0.1, -0.05) is 63.9 Å². The number of rotatable bonds is 12. The predicted octanol–water partition coefficient (Wildman–Crippen LogP) is 1.67. The van der Waals surface area contributed by atoms with Crippen molar-refractivity contribution in [3.8, 4) is 0 Å². The highest BCUT2D eigenvalue weighted by atomic mass is 35.5. The molecule has 1 aromatic carbocycles. The minimum atomic E-state index is -0.767. The highest BCUT2D eigenvalue weighted by Crippen LogP contribution is 2.08. The van der Waals surface area contributed by atoms with Crippen LogP contribution in [0, 0.1) is 5.92 Å². The predicted molar refractivity (Wildman–Crippen MR) is 117 cm³/mol. The zero-order chi connectivity index (χ0) is 21.1. The summed E-state index contributed by atoms with van der Waals surface area (Å²) in [6.45, 7) is 5.91. The second-order valence-corrected chi connectivity index (χ2v) is 7.59. The third-order valence-electron chi connectivity index (χ3n) is 4.48. The summed E-state index contributed by atoms with van der Waals surface area (Å²) >= 11 is 0. The molecule has 0 aliphatic carbocycles. The largest absolute Gasteiger partial charge is 0.368 e.